The zero-order valence-electron chi connectivity index (χ0n) is 15.8. The van der Waals surface area contributed by atoms with E-state index in [9.17, 15) is 4.79 Å². The molecule has 0 aromatic carbocycles. The third kappa shape index (κ3) is 25.1. The van der Waals surface area contributed by atoms with Crippen molar-refractivity contribution in [1.82, 2.24) is 0 Å². The minimum absolute atomic E-state index is 0. The van der Waals surface area contributed by atoms with Crippen LogP contribution in [0.2, 0.25) is 0 Å². The van der Waals surface area contributed by atoms with Crippen molar-refractivity contribution in [3.8, 4) is 0 Å². The summed E-state index contributed by atoms with van der Waals surface area (Å²) in [6, 6.07) is 0. The smallest absolute Gasteiger partial charge is 0.303 e. The summed E-state index contributed by atoms with van der Waals surface area (Å²) in [7, 11) is 0. The molecular weight excluding hydrogens is 312 g/mol. The zero-order chi connectivity index (χ0) is 16.3. The van der Waals surface area contributed by atoms with Crippen LogP contribution in [0.15, 0.2) is 0 Å². The van der Waals surface area contributed by atoms with E-state index in [0.717, 1.165) is 12.8 Å². The normalized spacial score (nSPS) is 10.5. The fourth-order valence-electron chi connectivity index (χ4n) is 3.00. The molecule has 0 fully saturated rings. The predicted molar refractivity (Wildman–Crippen MR) is 102 cm³/mol. The first-order valence-corrected chi connectivity index (χ1v) is 9.99. The van der Waals surface area contributed by atoms with E-state index in [1.807, 2.05) is 0 Å². The van der Waals surface area contributed by atoms with Crippen LogP contribution in [-0.2, 0) is 4.79 Å². The van der Waals surface area contributed by atoms with E-state index < -0.39 is 5.97 Å². The van der Waals surface area contributed by atoms with Crippen molar-refractivity contribution in [2.45, 2.75) is 122 Å². The Morgan fingerprint density at radius 3 is 1.09 bits per heavy atom. The Bertz CT molecular complexity index is 232. The van der Waals surface area contributed by atoms with E-state index in [-0.39, 0.29) is 37.7 Å². The molecule has 2 nitrogen and oxygen atoms in total. The molecule has 1 N–H and O–H groups in total. The van der Waals surface area contributed by atoms with Crippen LogP contribution in [-0.4, -0.2) is 48.8 Å². The second-order valence-corrected chi connectivity index (χ2v) is 6.80. The molecule has 0 aliphatic rings. The van der Waals surface area contributed by atoms with Crippen LogP contribution in [0.5, 0.6) is 0 Å². The maximum atomic E-state index is 10.4. The fourth-order valence-corrected chi connectivity index (χ4v) is 3.00. The van der Waals surface area contributed by atoms with E-state index in [4.69, 9.17) is 5.11 Å². The topological polar surface area (TPSA) is 37.3 Å². The molecule has 0 unspecified atom stereocenters. The number of rotatable bonds is 18. The second-order valence-electron chi connectivity index (χ2n) is 6.80. The van der Waals surface area contributed by atoms with Crippen LogP contribution >= 0.6 is 0 Å². The Morgan fingerprint density at radius 1 is 0.565 bits per heavy atom. The number of carboxylic acids is 1. The Morgan fingerprint density at radius 2 is 0.826 bits per heavy atom. The fraction of sp³-hybridized carbons (Fsp3) is 0.950. The van der Waals surface area contributed by atoms with E-state index in [1.54, 1.807) is 0 Å². The van der Waals surface area contributed by atoms with E-state index in [2.05, 4.69) is 6.92 Å². The van der Waals surface area contributed by atoms with Crippen LogP contribution < -0.4 is 0 Å². The average molecular weight is 353 g/mol. The monoisotopic (exact) mass is 352 g/mol. The Labute approximate surface area is 175 Å². The summed E-state index contributed by atoms with van der Waals surface area (Å²) >= 11 is 0. The Balaban J connectivity index is 0. The number of carbonyl (C=O) groups is 1. The van der Waals surface area contributed by atoms with Gasteiger partial charge in [-0.1, -0.05) is 110 Å². The molecular formula is C20H40CaO2. The summed E-state index contributed by atoms with van der Waals surface area (Å²) in [6.45, 7) is 2.28. The van der Waals surface area contributed by atoms with Crippen molar-refractivity contribution < 1.29 is 9.90 Å². The van der Waals surface area contributed by atoms with Crippen LogP contribution in [0.25, 0.3) is 0 Å². The minimum atomic E-state index is -0.652. The summed E-state index contributed by atoms with van der Waals surface area (Å²) < 4.78 is 0. The quantitative estimate of drug-likeness (QED) is 0.219. The largest absolute Gasteiger partial charge is 0.481 e. The molecule has 0 rings (SSSR count). The molecule has 0 atom stereocenters. The SMILES string of the molecule is CCCCCCCCCCCCCCCCCCCC(=O)O.[Ca]. The van der Waals surface area contributed by atoms with Crippen molar-refractivity contribution >= 4 is 43.7 Å². The zero-order valence-corrected chi connectivity index (χ0v) is 18.0. The van der Waals surface area contributed by atoms with Gasteiger partial charge >= 0.3 is 5.97 Å². The van der Waals surface area contributed by atoms with Crippen LogP contribution in [0.4, 0.5) is 0 Å². The third-order valence-corrected chi connectivity index (χ3v) is 4.49. The average Bonchev–Trinajstić information content (AvgIpc) is 2.50. The van der Waals surface area contributed by atoms with Gasteiger partial charge in [0.15, 0.2) is 0 Å². The molecule has 0 bridgehead atoms. The molecule has 0 saturated heterocycles. The van der Waals surface area contributed by atoms with E-state index in [1.165, 1.54) is 96.3 Å². The van der Waals surface area contributed by atoms with Gasteiger partial charge in [-0.25, -0.2) is 0 Å². The van der Waals surface area contributed by atoms with E-state index >= 15 is 0 Å². The third-order valence-electron chi connectivity index (χ3n) is 4.49. The van der Waals surface area contributed by atoms with Crippen molar-refractivity contribution in [2.75, 3.05) is 0 Å². The molecule has 0 aliphatic heterocycles. The first-order chi connectivity index (χ1) is 10.8. The molecule has 0 saturated carbocycles. The van der Waals surface area contributed by atoms with Crippen LogP contribution in [0.1, 0.15) is 122 Å². The van der Waals surface area contributed by atoms with Crippen LogP contribution in [0.3, 0.4) is 0 Å². The van der Waals surface area contributed by atoms with Gasteiger partial charge in [-0.3, -0.25) is 4.79 Å². The Kier molecular flexibility index (Phi) is 25.7. The molecule has 134 valence electrons. The van der Waals surface area contributed by atoms with Gasteiger partial charge < -0.3 is 5.11 Å². The maximum Gasteiger partial charge on any atom is 0.303 e. The molecule has 0 aliphatic carbocycles. The van der Waals surface area contributed by atoms with Gasteiger partial charge in [0.2, 0.25) is 0 Å². The summed E-state index contributed by atoms with van der Waals surface area (Å²) in [5.41, 5.74) is 0. The van der Waals surface area contributed by atoms with Gasteiger partial charge in [-0.2, -0.15) is 0 Å². The molecule has 0 aromatic heterocycles. The predicted octanol–water partition coefficient (Wildman–Crippen LogP) is 6.73. The minimum Gasteiger partial charge on any atom is -0.481 e. The van der Waals surface area contributed by atoms with Crippen molar-refractivity contribution in [2.24, 2.45) is 0 Å². The summed E-state index contributed by atoms with van der Waals surface area (Å²) in [5.74, 6) is -0.652. The van der Waals surface area contributed by atoms with Gasteiger partial charge in [0.1, 0.15) is 0 Å². The first kappa shape index (κ1) is 26.0. The standard InChI is InChI=1S/C20H40O2.Ca/c1-2-3-4-5-6-7-8-9-10-11-12-13-14-15-16-17-18-19-20(21)22;/h2-19H2,1H3,(H,21,22);. The summed E-state index contributed by atoms with van der Waals surface area (Å²) in [6.07, 6.45) is 23.1. The van der Waals surface area contributed by atoms with Crippen molar-refractivity contribution in [3.63, 3.8) is 0 Å². The molecule has 23 heavy (non-hydrogen) atoms. The van der Waals surface area contributed by atoms with Gasteiger partial charge in [0.05, 0.1) is 0 Å². The maximum absolute atomic E-state index is 10.4. The molecule has 3 heteroatoms. The van der Waals surface area contributed by atoms with Crippen molar-refractivity contribution in [3.05, 3.63) is 0 Å². The number of unbranched alkanes of at least 4 members (excludes halogenated alkanes) is 16. The summed E-state index contributed by atoms with van der Waals surface area (Å²) in [5, 5.41) is 8.54. The molecule has 0 amide bonds. The van der Waals surface area contributed by atoms with Gasteiger partial charge in [0, 0.05) is 44.2 Å². The van der Waals surface area contributed by atoms with Gasteiger partial charge in [-0.15, -0.1) is 0 Å². The molecule has 0 spiro atoms. The van der Waals surface area contributed by atoms with E-state index in [0.29, 0.717) is 6.42 Å². The number of aliphatic carboxylic acids is 1. The molecule has 0 heterocycles. The van der Waals surface area contributed by atoms with Crippen LogP contribution in [0, 0.1) is 0 Å². The number of carboxylic acid groups (broad SMARTS) is 1. The molecule has 0 aromatic rings. The molecule has 2 radical (unpaired) electrons. The summed E-state index contributed by atoms with van der Waals surface area (Å²) in [4.78, 5) is 10.4. The number of hydrogen-bond acceptors (Lipinski definition) is 1. The van der Waals surface area contributed by atoms with Gasteiger partial charge in [-0.05, 0) is 6.42 Å². The number of hydrogen-bond donors (Lipinski definition) is 1. The second kappa shape index (κ2) is 22.7. The Hall–Kier alpha value is 0.730. The van der Waals surface area contributed by atoms with Gasteiger partial charge in [0.25, 0.3) is 0 Å². The van der Waals surface area contributed by atoms with Crippen molar-refractivity contribution in [1.29, 1.82) is 0 Å². The first-order valence-electron chi connectivity index (χ1n) is 9.99.